The second kappa shape index (κ2) is 7.09. The van der Waals surface area contributed by atoms with E-state index in [9.17, 15) is 8.42 Å². The molecule has 2 rings (SSSR count). The minimum atomic E-state index is -3.46. The van der Waals surface area contributed by atoms with Gasteiger partial charge in [0.15, 0.2) is 0 Å². The Morgan fingerprint density at radius 1 is 1.45 bits per heavy atom. The van der Waals surface area contributed by atoms with Gasteiger partial charge in [-0.1, -0.05) is 0 Å². The lowest BCUT2D eigenvalue weighted by Crippen LogP contribution is -2.51. The maximum Gasteiger partial charge on any atom is 0.244 e. The molecule has 0 radical (unpaired) electrons. The molecule has 0 spiro atoms. The van der Waals surface area contributed by atoms with E-state index in [0.29, 0.717) is 29.9 Å². The van der Waals surface area contributed by atoms with E-state index in [-0.39, 0.29) is 23.3 Å². The maximum atomic E-state index is 12.6. The SMILES string of the molecule is COc1ccc(S(=O)(=O)N2CCNC(C)C2)c(Br)c1.Cl. The highest BCUT2D eigenvalue weighted by Gasteiger charge is 2.29. The number of sulfonamides is 1. The molecule has 1 fully saturated rings. The summed E-state index contributed by atoms with van der Waals surface area (Å²) in [5.41, 5.74) is 0. The molecule has 1 aliphatic heterocycles. The van der Waals surface area contributed by atoms with Crippen LogP contribution in [0.4, 0.5) is 0 Å². The monoisotopic (exact) mass is 384 g/mol. The summed E-state index contributed by atoms with van der Waals surface area (Å²) in [5, 5.41) is 3.23. The molecule has 8 heteroatoms. The molecule has 5 nitrogen and oxygen atoms in total. The van der Waals surface area contributed by atoms with Crippen molar-refractivity contribution in [2.24, 2.45) is 0 Å². The Bertz CT molecular complexity index is 568. The van der Waals surface area contributed by atoms with Crippen LogP contribution < -0.4 is 10.1 Å². The highest BCUT2D eigenvalue weighted by atomic mass is 79.9. The van der Waals surface area contributed by atoms with Crippen LogP contribution in [0.25, 0.3) is 0 Å². The first-order valence-corrected chi connectivity index (χ1v) is 8.25. The lowest BCUT2D eigenvalue weighted by Gasteiger charge is -2.31. The van der Waals surface area contributed by atoms with Crippen LogP contribution in [0.2, 0.25) is 0 Å². The number of benzene rings is 1. The number of nitrogens with zero attached hydrogens (tertiary/aromatic N) is 1. The molecule has 1 aromatic carbocycles. The maximum absolute atomic E-state index is 12.6. The number of piperazine rings is 1. The first kappa shape index (κ1) is 17.7. The normalized spacial score (nSPS) is 20.2. The number of rotatable bonds is 3. The van der Waals surface area contributed by atoms with Crippen LogP contribution in [0.3, 0.4) is 0 Å². The minimum absolute atomic E-state index is 0. The summed E-state index contributed by atoms with van der Waals surface area (Å²) >= 11 is 3.30. The summed E-state index contributed by atoms with van der Waals surface area (Å²) in [6, 6.07) is 5.06. The van der Waals surface area contributed by atoms with E-state index in [1.165, 1.54) is 4.31 Å². The zero-order valence-corrected chi connectivity index (χ0v) is 14.5. The molecule has 0 aromatic heterocycles. The third-order valence-electron chi connectivity index (χ3n) is 3.09. The van der Waals surface area contributed by atoms with Crippen molar-refractivity contribution in [2.45, 2.75) is 17.9 Å². The molecule has 1 aliphatic rings. The van der Waals surface area contributed by atoms with Gasteiger partial charge in [-0.15, -0.1) is 12.4 Å². The lowest BCUT2D eigenvalue weighted by molar-refractivity contribution is 0.310. The van der Waals surface area contributed by atoms with Gasteiger partial charge in [0.1, 0.15) is 5.75 Å². The van der Waals surface area contributed by atoms with Crippen molar-refractivity contribution in [3.8, 4) is 5.75 Å². The van der Waals surface area contributed by atoms with Crippen molar-refractivity contribution < 1.29 is 13.2 Å². The van der Waals surface area contributed by atoms with Crippen molar-refractivity contribution in [1.29, 1.82) is 0 Å². The first-order valence-electron chi connectivity index (χ1n) is 6.02. The standard InChI is InChI=1S/C12H17BrN2O3S.ClH/c1-9-8-15(6-5-14-9)19(16,17)12-4-3-10(18-2)7-11(12)13;/h3-4,7,9,14H,5-6,8H2,1-2H3;1H. The summed E-state index contributed by atoms with van der Waals surface area (Å²) in [7, 11) is -1.91. The van der Waals surface area contributed by atoms with Gasteiger partial charge in [0.25, 0.3) is 0 Å². The first-order chi connectivity index (χ1) is 8.95. The molecule has 1 aromatic rings. The van der Waals surface area contributed by atoms with Gasteiger partial charge >= 0.3 is 0 Å². The Morgan fingerprint density at radius 2 is 2.15 bits per heavy atom. The molecule has 0 saturated carbocycles. The Kier molecular flexibility index (Phi) is 6.27. The predicted octanol–water partition coefficient (Wildman–Crippen LogP) is 1.86. The van der Waals surface area contributed by atoms with Crippen molar-refractivity contribution in [3.63, 3.8) is 0 Å². The quantitative estimate of drug-likeness (QED) is 0.863. The van der Waals surface area contributed by atoms with E-state index >= 15 is 0 Å². The van der Waals surface area contributed by atoms with Gasteiger partial charge in [-0.05, 0) is 41.1 Å². The highest BCUT2D eigenvalue weighted by molar-refractivity contribution is 9.10. The van der Waals surface area contributed by atoms with E-state index in [2.05, 4.69) is 21.2 Å². The van der Waals surface area contributed by atoms with Crippen LogP contribution >= 0.6 is 28.3 Å². The topological polar surface area (TPSA) is 58.6 Å². The Balaban J connectivity index is 0.00000200. The fourth-order valence-electron chi connectivity index (χ4n) is 2.07. The van der Waals surface area contributed by atoms with Crippen LogP contribution in [0.1, 0.15) is 6.92 Å². The van der Waals surface area contributed by atoms with Crippen LogP contribution in [-0.2, 0) is 10.0 Å². The second-order valence-corrected chi connectivity index (χ2v) is 7.28. The molecule has 1 saturated heterocycles. The van der Waals surface area contributed by atoms with Gasteiger partial charge < -0.3 is 10.1 Å². The van der Waals surface area contributed by atoms with Gasteiger partial charge in [-0.3, -0.25) is 0 Å². The fraction of sp³-hybridized carbons (Fsp3) is 0.500. The minimum Gasteiger partial charge on any atom is -0.497 e. The van der Waals surface area contributed by atoms with Gasteiger partial charge in [0.2, 0.25) is 10.0 Å². The molecule has 1 unspecified atom stereocenters. The Labute approximate surface area is 134 Å². The molecule has 0 bridgehead atoms. The summed E-state index contributed by atoms with van der Waals surface area (Å²) in [6.07, 6.45) is 0. The van der Waals surface area contributed by atoms with Crippen molar-refractivity contribution in [1.82, 2.24) is 9.62 Å². The molecule has 114 valence electrons. The Morgan fingerprint density at radius 3 is 2.70 bits per heavy atom. The van der Waals surface area contributed by atoms with Crippen molar-refractivity contribution in [3.05, 3.63) is 22.7 Å². The molecule has 20 heavy (non-hydrogen) atoms. The number of ether oxygens (including phenoxy) is 1. The number of nitrogens with one attached hydrogen (secondary N) is 1. The summed E-state index contributed by atoms with van der Waals surface area (Å²) in [6.45, 7) is 3.63. The third kappa shape index (κ3) is 3.65. The second-order valence-electron chi connectivity index (χ2n) is 4.51. The average molecular weight is 386 g/mol. The molecule has 1 N–H and O–H groups in total. The molecular formula is C12H18BrClN2O3S. The van der Waals surface area contributed by atoms with Gasteiger partial charge in [-0.2, -0.15) is 4.31 Å². The van der Waals surface area contributed by atoms with E-state index in [1.807, 2.05) is 6.92 Å². The van der Waals surface area contributed by atoms with Crippen LogP contribution in [0.5, 0.6) is 5.75 Å². The number of methoxy groups -OCH3 is 1. The van der Waals surface area contributed by atoms with E-state index in [0.717, 1.165) is 0 Å². The molecule has 1 heterocycles. The van der Waals surface area contributed by atoms with Crippen LogP contribution in [-0.4, -0.2) is 45.5 Å². The zero-order valence-electron chi connectivity index (χ0n) is 11.3. The molecule has 0 amide bonds. The molecule has 0 aliphatic carbocycles. The summed E-state index contributed by atoms with van der Waals surface area (Å²) < 4.78 is 32.3. The summed E-state index contributed by atoms with van der Waals surface area (Å²) in [5.74, 6) is 0.625. The highest BCUT2D eigenvalue weighted by Crippen LogP contribution is 2.29. The van der Waals surface area contributed by atoms with E-state index < -0.39 is 10.0 Å². The number of hydrogen-bond acceptors (Lipinski definition) is 4. The average Bonchev–Trinajstić information content (AvgIpc) is 2.38. The van der Waals surface area contributed by atoms with E-state index in [4.69, 9.17) is 4.74 Å². The van der Waals surface area contributed by atoms with Crippen molar-refractivity contribution in [2.75, 3.05) is 26.7 Å². The predicted molar refractivity (Wildman–Crippen MR) is 84.2 cm³/mol. The van der Waals surface area contributed by atoms with E-state index in [1.54, 1.807) is 25.3 Å². The smallest absolute Gasteiger partial charge is 0.244 e. The fourth-order valence-corrected chi connectivity index (χ4v) is 4.62. The zero-order chi connectivity index (χ0) is 14.0. The van der Waals surface area contributed by atoms with Gasteiger partial charge in [0, 0.05) is 30.1 Å². The Hall–Kier alpha value is -0.340. The molecular weight excluding hydrogens is 368 g/mol. The summed E-state index contributed by atoms with van der Waals surface area (Å²) in [4.78, 5) is 0.280. The lowest BCUT2D eigenvalue weighted by atomic mass is 10.3. The van der Waals surface area contributed by atoms with Crippen molar-refractivity contribution >= 4 is 38.4 Å². The molecule has 1 atom stereocenters. The number of halogens is 2. The van der Waals surface area contributed by atoms with Gasteiger partial charge in [0.05, 0.1) is 12.0 Å². The number of hydrogen-bond donors (Lipinski definition) is 1. The van der Waals surface area contributed by atoms with Crippen LogP contribution in [0.15, 0.2) is 27.6 Å². The largest absolute Gasteiger partial charge is 0.497 e. The third-order valence-corrected chi connectivity index (χ3v) is 5.93. The van der Waals surface area contributed by atoms with Crippen LogP contribution in [0, 0.1) is 0 Å². The van der Waals surface area contributed by atoms with Gasteiger partial charge in [-0.25, -0.2) is 8.42 Å².